The van der Waals surface area contributed by atoms with Gasteiger partial charge < -0.3 is 9.73 Å². The van der Waals surface area contributed by atoms with Crippen molar-refractivity contribution in [3.63, 3.8) is 0 Å². The second kappa shape index (κ2) is 6.99. The Hall–Kier alpha value is 0.550. The van der Waals surface area contributed by atoms with Crippen LogP contribution in [0.4, 0.5) is 0 Å². The molecule has 5 heteroatoms. The lowest BCUT2D eigenvalue weighted by Crippen LogP contribution is -2.29. The third kappa shape index (κ3) is 4.51. The van der Waals surface area contributed by atoms with Gasteiger partial charge >= 0.3 is 0 Å². The van der Waals surface area contributed by atoms with Crippen molar-refractivity contribution in [3.8, 4) is 0 Å². The van der Waals surface area contributed by atoms with E-state index in [4.69, 9.17) is 4.42 Å². The molecule has 0 amide bonds. The monoisotopic (exact) mass is 355 g/mol. The Morgan fingerprint density at radius 1 is 1.53 bits per heavy atom. The van der Waals surface area contributed by atoms with Gasteiger partial charge in [0.1, 0.15) is 5.76 Å². The molecule has 1 unspecified atom stereocenters. The molecular weight excluding hydrogens is 342 g/mol. The zero-order valence-corrected chi connectivity index (χ0v) is 12.8. The summed E-state index contributed by atoms with van der Waals surface area (Å²) in [7, 11) is 0. The summed E-state index contributed by atoms with van der Waals surface area (Å²) in [6.45, 7) is 2.98. The van der Waals surface area contributed by atoms with E-state index in [2.05, 4.69) is 50.4 Å². The van der Waals surface area contributed by atoms with E-state index in [0.717, 1.165) is 33.6 Å². The highest BCUT2D eigenvalue weighted by atomic mass is 79.9. The number of furan rings is 1. The molecule has 1 aromatic rings. The predicted octanol–water partition coefficient (Wildman–Crippen LogP) is 4.04. The average Bonchev–Trinajstić information content (AvgIpc) is 2.53. The molecule has 15 heavy (non-hydrogen) atoms. The highest BCUT2D eigenvalue weighted by Gasteiger charge is 2.08. The van der Waals surface area contributed by atoms with Gasteiger partial charge in [-0.3, -0.25) is 0 Å². The molecule has 1 heterocycles. The molecule has 0 radical (unpaired) electrons. The Balaban J connectivity index is 2.41. The van der Waals surface area contributed by atoms with Gasteiger partial charge in [0, 0.05) is 11.8 Å². The van der Waals surface area contributed by atoms with Crippen LogP contribution in [-0.2, 0) is 6.54 Å². The third-order valence-corrected chi connectivity index (χ3v) is 4.57. The van der Waals surface area contributed by atoms with Crippen LogP contribution >= 0.6 is 43.6 Å². The van der Waals surface area contributed by atoms with Gasteiger partial charge in [0.2, 0.25) is 0 Å². The van der Waals surface area contributed by atoms with E-state index in [0.29, 0.717) is 6.04 Å². The van der Waals surface area contributed by atoms with Crippen molar-refractivity contribution < 1.29 is 4.42 Å². The van der Waals surface area contributed by atoms with Gasteiger partial charge in [0.15, 0.2) is 4.67 Å². The molecule has 86 valence electrons. The van der Waals surface area contributed by atoms with Gasteiger partial charge in [-0.15, -0.1) is 0 Å². The number of rotatable bonds is 6. The standard InChI is InChI=1S/C10H15Br2NOS/c1-3-7(6-15-2)13-5-8-4-9(11)10(12)14-8/h4,7,13H,3,5-6H2,1-2H3. The van der Waals surface area contributed by atoms with Crippen LogP contribution in [0.2, 0.25) is 0 Å². The molecule has 0 bridgehead atoms. The zero-order valence-electron chi connectivity index (χ0n) is 8.85. The van der Waals surface area contributed by atoms with Crippen LogP contribution in [0.15, 0.2) is 19.6 Å². The fourth-order valence-corrected chi connectivity index (χ4v) is 2.66. The first kappa shape index (κ1) is 13.6. The third-order valence-electron chi connectivity index (χ3n) is 2.12. The van der Waals surface area contributed by atoms with E-state index in [1.165, 1.54) is 0 Å². The van der Waals surface area contributed by atoms with E-state index in [1.54, 1.807) is 0 Å². The van der Waals surface area contributed by atoms with E-state index < -0.39 is 0 Å². The number of halogens is 2. The highest BCUT2D eigenvalue weighted by Crippen LogP contribution is 2.26. The summed E-state index contributed by atoms with van der Waals surface area (Å²) in [4.78, 5) is 0. The predicted molar refractivity (Wildman–Crippen MR) is 73.4 cm³/mol. The van der Waals surface area contributed by atoms with Crippen molar-refractivity contribution in [1.82, 2.24) is 5.32 Å². The van der Waals surface area contributed by atoms with Crippen molar-refractivity contribution in [2.45, 2.75) is 25.9 Å². The first-order valence-electron chi connectivity index (χ1n) is 4.83. The molecule has 0 saturated heterocycles. The molecule has 0 aromatic carbocycles. The topological polar surface area (TPSA) is 25.2 Å². The van der Waals surface area contributed by atoms with Crippen LogP contribution in [0.3, 0.4) is 0 Å². The van der Waals surface area contributed by atoms with Crippen molar-refractivity contribution in [3.05, 3.63) is 21.0 Å². The maximum absolute atomic E-state index is 5.49. The van der Waals surface area contributed by atoms with Crippen LogP contribution in [0.25, 0.3) is 0 Å². The molecule has 0 fully saturated rings. The summed E-state index contributed by atoms with van der Waals surface area (Å²) >= 11 is 8.59. The van der Waals surface area contributed by atoms with Gasteiger partial charge in [0.05, 0.1) is 11.0 Å². The average molecular weight is 357 g/mol. The largest absolute Gasteiger partial charge is 0.452 e. The minimum Gasteiger partial charge on any atom is -0.452 e. The van der Waals surface area contributed by atoms with Gasteiger partial charge in [-0.2, -0.15) is 11.8 Å². The van der Waals surface area contributed by atoms with Gasteiger partial charge in [-0.25, -0.2) is 0 Å². The summed E-state index contributed by atoms with van der Waals surface area (Å²) in [5, 5.41) is 3.47. The minimum absolute atomic E-state index is 0.558. The Bertz CT molecular complexity index is 284. The highest BCUT2D eigenvalue weighted by molar-refractivity contribution is 9.13. The number of hydrogen-bond acceptors (Lipinski definition) is 3. The summed E-state index contributed by atoms with van der Waals surface area (Å²) in [6, 6.07) is 2.55. The summed E-state index contributed by atoms with van der Waals surface area (Å²) < 4.78 is 7.22. The smallest absolute Gasteiger partial charge is 0.183 e. The van der Waals surface area contributed by atoms with Crippen LogP contribution in [-0.4, -0.2) is 18.1 Å². The second-order valence-corrected chi connectivity index (χ2v) is 5.76. The summed E-state index contributed by atoms with van der Waals surface area (Å²) in [5.41, 5.74) is 0. The summed E-state index contributed by atoms with van der Waals surface area (Å²) in [6.07, 6.45) is 3.27. The van der Waals surface area contributed by atoms with Crippen molar-refractivity contribution in [2.24, 2.45) is 0 Å². The Kier molecular flexibility index (Phi) is 6.34. The maximum atomic E-state index is 5.49. The normalized spacial score (nSPS) is 13.1. The van der Waals surface area contributed by atoms with Gasteiger partial charge in [-0.05, 0) is 50.6 Å². The molecular formula is C10H15Br2NOS. The SMILES string of the molecule is CCC(CSC)NCc1cc(Br)c(Br)o1. The van der Waals surface area contributed by atoms with E-state index >= 15 is 0 Å². The molecule has 1 rings (SSSR count). The molecule has 1 N–H and O–H groups in total. The quantitative estimate of drug-likeness (QED) is 0.832. The minimum atomic E-state index is 0.558. The molecule has 0 spiro atoms. The number of nitrogens with one attached hydrogen (secondary N) is 1. The number of thioether (sulfide) groups is 1. The fraction of sp³-hybridized carbons (Fsp3) is 0.600. The molecule has 1 aromatic heterocycles. The molecule has 0 aliphatic heterocycles. The fourth-order valence-electron chi connectivity index (χ4n) is 1.25. The van der Waals surface area contributed by atoms with Crippen molar-refractivity contribution in [2.75, 3.05) is 12.0 Å². The zero-order chi connectivity index (χ0) is 11.3. The van der Waals surface area contributed by atoms with Crippen LogP contribution in [0.1, 0.15) is 19.1 Å². The van der Waals surface area contributed by atoms with Gasteiger partial charge in [0.25, 0.3) is 0 Å². The first-order chi connectivity index (χ1) is 7.17. The Morgan fingerprint density at radius 2 is 2.27 bits per heavy atom. The first-order valence-corrected chi connectivity index (χ1v) is 7.81. The lowest BCUT2D eigenvalue weighted by Gasteiger charge is -2.14. The molecule has 2 nitrogen and oxygen atoms in total. The second-order valence-electron chi connectivity index (χ2n) is 3.28. The molecule has 0 aliphatic carbocycles. The van der Waals surface area contributed by atoms with Crippen LogP contribution < -0.4 is 5.32 Å². The van der Waals surface area contributed by atoms with Crippen molar-refractivity contribution >= 4 is 43.6 Å². The lowest BCUT2D eigenvalue weighted by molar-refractivity contribution is 0.440. The van der Waals surface area contributed by atoms with E-state index in [9.17, 15) is 0 Å². The van der Waals surface area contributed by atoms with Crippen LogP contribution in [0, 0.1) is 0 Å². The van der Waals surface area contributed by atoms with E-state index in [1.807, 2.05) is 17.8 Å². The Labute approximate surface area is 112 Å². The lowest BCUT2D eigenvalue weighted by atomic mass is 10.2. The van der Waals surface area contributed by atoms with E-state index in [-0.39, 0.29) is 0 Å². The molecule has 0 saturated carbocycles. The maximum Gasteiger partial charge on any atom is 0.183 e. The summed E-state index contributed by atoms with van der Waals surface area (Å²) in [5.74, 6) is 2.09. The Morgan fingerprint density at radius 3 is 2.73 bits per heavy atom. The van der Waals surface area contributed by atoms with Gasteiger partial charge in [-0.1, -0.05) is 6.92 Å². The number of hydrogen-bond donors (Lipinski definition) is 1. The van der Waals surface area contributed by atoms with Crippen LogP contribution in [0.5, 0.6) is 0 Å². The van der Waals surface area contributed by atoms with Crippen molar-refractivity contribution in [1.29, 1.82) is 0 Å². The molecule has 1 atom stereocenters. The molecule has 0 aliphatic rings.